The van der Waals surface area contributed by atoms with Gasteiger partial charge in [0, 0.05) is 17.0 Å². The van der Waals surface area contributed by atoms with E-state index in [1.165, 1.54) is 22.6 Å². The van der Waals surface area contributed by atoms with E-state index in [1.54, 1.807) is 30.3 Å². The number of nitrogens with one attached hydrogen (secondary N) is 1. The zero-order valence-corrected chi connectivity index (χ0v) is 17.7. The van der Waals surface area contributed by atoms with E-state index < -0.39 is 17.8 Å². The van der Waals surface area contributed by atoms with Crippen molar-refractivity contribution in [1.82, 2.24) is 19.8 Å². The number of nitrogens with zero attached hydrogens (tertiary/aromatic N) is 3. The van der Waals surface area contributed by atoms with E-state index in [1.807, 2.05) is 0 Å². The Balaban J connectivity index is 1.69. The molecular weight excluding hydrogens is 419 g/mol. The van der Waals surface area contributed by atoms with Gasteiger partial charge in [-0.3, -0.25) is 9.59 Å². The molecule has 1 fully saturated rings. The van der Waals surface area contributed by atoms with Crippen LogP contribution in [0, 0.1) is 5.82 Å². The molecule has 31 heavy (non-hydrogen) atoms. The number of carbonyl (C=O) groups excluding carboxylic acids is 2. The number of furan rings is 1. The Bertz CT molecular complexity index is 1000. The summed E-state index contributed by atoms with van der Waals surface area (Å²) in [5.74, 6) is -1.02. The fourth-order valence-electron chi connectivity index (χ4n) is 3.89. The van der Waals surface area contributed by atoms with Gasteiger partial charge in [-0.15, -0.1) is 5.10 Å². The molecule has 0 saturated heterocycles. The summed E-state index contributed by atoms with van der Waals surface area (Å²) in [4.78, 5) is 28.0. The van der Waals surface area contributed by atoms with Crippen molar-refractivity contribution in [2.45, 2.75) is 50.7 Å². The van der Waals surface area contributed by atoms with Crippen LogP contribution in [-0.2, 0) is 11.3 Å². The molecule has 1 N–H and O–H groups in total. The maximum absolute atomic E-state index is 14.4. The van der Waals surface area contributed by atoms with Crippen molar-refractivity contribution in [3.05, 3.63) is 70.9 Å². The highest BCUT2D eigenvalue weighted by Crippen LogP contribution is 2.28. The van der Waals surface area contributed by atoms with Gasteiger partial charge in [-0.05, 0) is 42.6 Å². The minimum atomic E-state index is -1.06. The summed E-state index contributed by atoms with van der Waals surface area (Å²) < 4.78 is 23.7. The highest BCUT2D eigenvalue weighted by atomic mass is 32.1. The standard InChI is InChI=1S/C22H23FN4O3S/c23-17-10-5-4-7-15(17)13-27(22(29)18-14-31-26-25-18)20(19-11-6-12-30-19)21(28)24-16-8-2-1-3-9-16/h4-7,10-12,14,16,20H,1-3,8-9,13H2,(H,24,28). The molecule has 1 atom stereocenters. The van der Waals surface area contributed by atoms with Gasteiger partial charge in [-0.1, -0.05) is 41.9 Å². The molecule has 1 aliphatic carbocycles. The van der Waals surface area contributed by atoms with Crippen LogP contribution in [0.2, 0.25) is 0 Å². The van der Waals surface area contributed by atoms with Crippen LogP contribution in [-0.4, -0.2) is 32.3 Å². The van der Waals surface area contributed by atoms with Gasteiger partial charge in [0.15, 0.2) is 11.7 Å². The normalized spacial score (nSPS) is 15.4. The average Bonchev–Trinajstić information content (AvgIpc) is 3.50. The smallest absolute Gasteiger partial charge is 0.276 e. The van der Waals surface area contributed by atoms with Crippen molar-refractivity contribution in [2.75, 3.05) is 0 Å². The maximum Gasteiger partial charge on any atom is 0.276 e. The monoisotopic (exact) mass is 442 g/mol. The van der Waals surface area contributed by atoms with Gasteiger partial charge < -0.3 is 14.6 Å². The van der Waals surface area contributed by atoms with E-state index in [-0.39, 0.29) is 24.2 Å². The largest absolute Gasteiger partial charge is 0.467 e. The number of halogens is 1. The van der Waals surface area contributed by atoms with Crippen molar-refractivity contribution in [1.29, 1.82) is 0 Å². The molecule has 0 spiro atoms. The number of rotatable bonds is 7. The number of benzene rings is 1. The van der Waals surface area contributed by atoms with E-state index in [4.69, 9.17) is 4.42 Å². The van der Waals surface area contributed by atoms with Gasteiger partial charge in [0.25, 0.3) is 11.8 Å². The van der Waals surface area contributed by atoms with E-state index in [0.29, 0.717) is 11.3 Å². The second kappa shape index (κ2) is 9.82. The van der Waals surface area contributed by atoms with Crippen molar-refractivity contribution < 1.29 is 18.4 Å². The van der Waals surface area contributed by atoms with Crippen molar-refractivity contribution in [3.8, 4) is 0 Å². The summed E-state index contributed by atoms with van der Waals surface area (Å²) in [5, 5.41) is 8.44. The first-order chi connectivity index (χ1) is 15.1. The van der Waals surface area contributed by atoms with Gasteiger partial charge in [0.05, 0.1) is 12.8 Å². The van der Waals surface area contributed by atoms with Crippen LogP contribution in [0.1, 0.15) is 60.0 Å². The van der Waals surface area contributed by atoms with E-state index in [0.717, 1.165) is 43.6 Å². The molecule has 4 rings (SSSR count). The molecule has 2 aromatic heterocycles. The second-order valence-corrected chi connectivity index (χ2v) is 8.19. The lowest BCUT2D eigenvalue weighted by Crippen LogP contribution is -2.47. The van der Waals surface area contributed by atoms with Gasteiger partial charge in [-0.25, -0.2) is 4.39 Å². The Morgan fingerprint density at radius 2 is 2.00 bits per heavy atom. The Morgan fingerprint density at radius 1 is 1.19 bits per heavy atom. The maximum atomic E-state index is 14.4. The second-order valence-electron chi connectivity index (χ2n) is 7.58. The van der Waals surface area contributed by atoms with E-state index in [9.17, 15) is 14.0 Å². The predicted octanol–water partition coefficient (Wildman–Crippen LogP) is 4.10. The zero-order valence-electron chi connectivity index (χ0n) is 16.9. The molecule has 1 aromatic carbocycles. The van der Waals surface area contributed by atoms with Crippen LogP contribution in [0.15, 0.2) is 52.5 Å². The molecule has 3 aromatic rings. The fraction of sp³-hybridized carbons (Fsp3) is 0.364. The van der Waals surface area contributed by atoms with Gasteiger partial charge in [0.1, 0.15) is 11.6 Å². The number of hydrogen-bond donors (Lipinski definition) is 1. The predicted molar refractivity (Wildman–Crippen MR) is 113 cm³/mol. The SMILES string of the molecule is O=C(NC1CCCCC1)C(c1ccco1)N(Cc1ccccc1F)C(=O)c1csnn1. The molecule has 1 unspecified atom stereocenters. The van der Waals surface area contributed by atoms with E-state index in [2.05, 4.69) is 14.9 Å². The molecule has 162 valence electrons. The highest BCUT2D eigenvalue weighted by Gasteiger charge is 2.36. The molecular formula is C22H23FN4O3S. The Hall–Kier alpha value is -3.07. The summed E-state index contributed by atoms with van der Waals surface area (Å²) >= 11 is 1.03. The molecule has 1 saturated carbocycles. The fourth-order valence-corrected chi connectivity index (χ4v) is 4.32. The number of amides is 2. The summed E-state index contributed by atoms with van der Waals surface area (Å²) in [6, 6.07) is 8.47. The highest BCUT2D eigenvalue weighted by molar-refractivity contribution is 7.03. The molecule has 9 heteroatoms. The molecule has 2 amide bonds. The summed E-state index contributed by atoms with van der Waals surface area (Å²) in [7, 11) is 0. The summed E-state index contributed by atoms with van der Waals surface area (Å²) in [6.45, 7) is -0.119. The number of hydrogen-bond acceptors (Lipinski definition) is 6. The topological polar surface area (TPSA) is 88.3 Å². The molecule has 0 aliphatic heterocycles. The minimum Gasteiger partial charge on any atom is -0.467 e. The van der Waals surface area contributed by atoms with Crippen LogP contribution in [0.3, 0.4) is 0 Å². The van der Waals surface area contributed by atoms with Gasteiger partial charge in [0.2, 0.25) is 0 Å². The van der Waals surface area contributed by atoms with Crippen LogP contribution >= 0.6 is 11.5 Å². The van der Waals surface area contributed by atoms with Crippen molar-refractivity contribution in [3.63, 3.8) is 0 Å². The van der Waals surface area contributed by atoms with E-state index >= 15 is 0 Å². The first kappa shape index (κ1) is 21.2. The summed E-state index contributed by atoms with van der Waals surface area (Å²) in [5.41, 5.74) is 0.393. The van der Waals surface area contributed by atoms with Crippen molar-refractivity contribution in [2.24, 2.45) is 0 Å². The third-order valence-electron chi connectivity index (χ3n) is 5.46. The average molecular weight is 443 g/mol. The third kappa shape index (κ3) is 4.99. The molecule has 2 heterocycles. The minimum absolute atomic E-state index is 0.0464. The van der Waals surface area contributed by atoms with Crippen LogP contribution in [0.4, 0.5) is 4.39 Å². The first-order valence-electron chi connectivity index (χ1n) is 10.3. The lowest BCUT2D eigenvalue weighted by Gasteiger charge is -2.31. The summed E-state index contributed by atoms with van der Waals surface area (Å²) in [6.07, 6.45) is 6.51. The van der Waals surface area contributed by atoms with Crippen LogP contribution in [0.25, 0.3) is 0 Å². The number of aromatic nitrogens is 2. The Morgan fingerprint density at radius 3 is 2.68 bits per heavy atom. The quantitative estimate of drug-likeness (QED) is 0.595. The Kier molecular flexibility index (Phi) is 6.71. The molecule has 7 nitrogen and oxygen atoms in total. The van der Waals surface area contributed by atoms with Gasteiger partial charge >= 0.3 is 0 Å². The lowest BCUT2D eigenvalue weighted by atomic mass is 9.95. The molecule has 0 bridgehead atoms. The van der Waals surface area contributed by atoms with Gasteiger partial charge in [-0.2, -0.15) is 0 Å². The third-order valence-corrected chi connectivity index (χ3v) is 5.97. The van der Waals surface area contributed by atoms with Crippen LogP contribution < -0.4 is 5.32 Å². The Labute approximate surface area is 183 Å². The molecule has 1 aliphatic rings. The molecule has 0 radical (unpaired) electrons. The lowest BCUT2D eigenvalue weighted by molar-refractivity contribution is -0.127. The first-order valence-corrected chi connectivity index (χ1v) is 11.1. The number of carbonyl (C=O) groups is 2. The van der Waals surface area contributed by atoms with Crippen molar-refractivity contribution >= 4 is 23.3 Å². The zero-order chi connectivity index (χ0) is 21.6. The van der Waals surface area contributed by atoms with Crippen LogP contribution in [0.5, 0.6) is 0 Å².